The number of benzene rings is 1. The first-order valence-electron chi connectivity index (χ1n) is 5.89. The molecule has 10 heteroatoms. The number of halogens is 2. The van der Waals surface area contributed by atoms with Gasteiger partial charge in [0.1, 0.15) is 10.7 Å². The van der Waals surface area contributed by atoms with Gasteiger partial charge in [-0.15, -0.1) is 0 Å². The Morgan fingerprint density at radius 3 is 2.68 bits per heavy atom. The number of rotatable bonds is 3. The van der Waals surface area contributed by atoms with E-state index < -0.39 is 4.92 Å². The number of nitrogens with zero attached hydrogens (tertiary/aromatic N) is 5. The molecule has 0 atom stereocenters. The zero-order chi connectivity index (χ0) is 15.7. The quantitative estimate of drug-likeness (QED) is 0.443. The third-order valence-electron chi connectivity index (χ3n) is 2.76. The molecule has 0 fully saturated rings. The monoisotopic (exact) mass is 336 g/mol. The van der Waals surface area contributed by atoms with Gasteiger partial charge in [0.15, 0.2) is 11.3 Å². The minimum Gasteiger partial charge on any atom is -0.333 e. The van der Waals surface area contributed by atoms with Crippen LogP contribution in [0.25, 0.3) is 11.0 Å². The van der Waals surface area contributed by atoms with E-state index in [1.54, 1.807) is 6.07 Å². The maximum Gasteiger partial charge on any atom is 0.320 e. The first-order chi connectivity index (χ1) is 10.6. The van der Waals surface area contributed by atoms with Gasteiger partial charge in [0.05, 0.1) is 16.6 Å². The number of aromatic nitrogens is 4. The Labute approximate surface area is 133 Å². The van der Waals surface area contributed by atoms with E-state index in [0.29, 0.717) is 5.52 Å². The van der Waals surface area contributed by atoms with E-state index in [9.17, 15) is 10.1 Å². The second-order valence-corrected chi connectivity index (χ2v) is 4.85. The van der Waals surface area contributed by atoms with Crippen LogP contribution in [0.15, 0.2) is 30.7 Å². The fourth-order valence-electron chi connectivity index (χ4n) is 1.87. The van der Waals surface area contributed by atoms with Gasteiger partial charge in [-0.2, -0.15) is 4.98 Å². The van der Waals surface area contributed by atoms with Gasteiger partial charge in [0.25, 0.3) is 0 Å². The Bertz CT molecular complexity index is 889. The normalized spacial score (nSPS) is 10.6. The lowest BCUT2D eigenvalue weighted by Crippen LogP contribution is -2.02. The molecule has 1 N–H and O–H groups in total. The van der Waals surface area contributed by atoms with Gasteiger partial charge >= 0.3 is 5.69 Å². The summed E-state index contributed by atoms with van der Waals surface area (Å²) < 4.78 is 0. The number of anilines is 2. The second-order valence-electron chi connectivity index (χ2n) is 4.10. The molecule has 8 nitrogen and oxygen atoms in total. The molecule has 0 amide bonds. The van der Waals surface area contributed by atoms with E-state index in [1.807, 2.05) is 0 Å². The lowest BCUT2D eigenvalue weighted by atomic mass is 10.2. The largest absolute Gasteiger partial charge is 0.333 e. The lowest BCUT2D eigenvalue weighted by molar-refractivity contribution is -0.382. The molecule has 0 spiro atoms. The van der Waals surface area contributed by atoms with Crippen LogP contribution in [0.1, 0.15) is 0 Å². The molecule has 3 rings (SSSR count). The zero-order valence-electron chi connectivity index (χ0n) is 10.7. The van der Waals surface area contributed by atoms with Crippen LogP contribution in [0.2, 0.25) is 10.3 Å². The molecule has 0 unspecified atom stereocenters. The Kier molecular flexibility index (Phi) is 3.70. The van der Waals surface area contributed by atoms with Gasteiger partial charge in [-0.3, -0.25) is 15.1 Å². The Morgan fingerprint density at radius 2 is 1.91 bits per heavy atom. The fraction of sp³-hybridized carbons (Fsp3) is 0. The standard InChI is InChI=1S/C12H6Cl2N6O2/c13-6-5-17-12(14)19-11(6)18-8-2-1-7-9(10(8)20(21)22)16-4-3-15-7/h1-5H,(H,17,18,19). The average molecular weight is 337 g/mol. The SMILES string of the molecule is O=[N+]([O-])c1c(Nc2nc(Cl)ncc2Cl)ccc2nccnc12. The van der Waals surface area contributed by atoms with Crippen LogP contribution < -0.4 is 5.32 Å². The summed E-state index contributed by atoms with van der Waals surface area (Å²) in [5.74, 6) is 0.160. The molecule has 0 aliphatic carbocycles. The Morgan fingerprint density at radius 1 is 1.14 bits per heavy atom. The van der Waals surface area contributed by atoms with Crippen molar-refractivity contribution in [3.8, 4) is 0 Å². The van der Waals surface area contributed by atoms with Crippen molar-refractivity contribution in [3.63, 3.8) is 0 Å². The van der Waals surface area contributed by atoms with Crippen molar-refractivity contribution in [2.24, 2.45) is 0 Å². The molecule has 3 aromatic rings. The van der Waals surface area contributed by atoms with Crippen molar-refractivity contribution >= 4 is 51.4 Å². The van der Waals surface area contributed by atoms with Gasteiger partial charge in [0.2, 0.25) is 5.28 Å². The summed E-state index contributed by atoms with van der Waals surface area (Å²) in [5, 5.41) is 14.3. The maximum atomic E-state index is 11.4. The van der Waals surface area contributed by atoms with Gasteiger partial charge in [-0.25, -0.2) is 9.97 Å². The van der Waals surface area contributed by atoms with Gasteiger partial charge in [0, 0.05) is 12.4 Å². The molecule has 0 saturated heterocycles. The van der Waals surface area contributed by atoms with Crippen LogP contribution in [0.4, 0.5) is 17.2 Å². The number of nitrogens with one attached hydrogen (secondary N) is 1. The van der Waals surface area contributed by atoms with E-state index in [0.717, 1.165) is 0 Å². The number of fused-ring (bicyclic) bond motifs is 1. The highest BCUT2D eigenvalue weighted by atomic mass is 35.5. The van der Waals surface area contributed by atoms with Crippen LogP contribution in [-0.2, 0) is 0 Å². The fourth-order valence-corrected chi connectivity index (χ4v) is 2.14. The van der Waals surface area contributed by atoms with Crippen LogP contribution in [-0.4, -0.2) is 24.9 Å². The first kappa shape index (κ1) is 14.4. The van der Waals surface area contributed by atoms with E-state index in [1.165, 1.54) is 24.7 Å². The topological polar surface area (TPSA) is 107 Å². The Hall–Kier alpha value is -2.58. The van der Waals surface area contributed by atoms with Gasteiger partial charge < -0.3 is 5.32 Å². The molecule has 2 heterocycles. The van der Waals surface area contributed by atoms with Crippen molar-refractivity contribution in [2.75, 3.05) is 5.32 Å². The molecular weight excluding hydrogens is 331 g/mol. The minimum absolute atomic E-state index is 0.0323. The van der Waals surface area contributed by atoms with Crippen LogP contribution in [0.5, 0.6) is 0 Å². The summed E-state index contributed by atoms with van der Waals surface area (Å²) in [4.78, 5) is 26.5. The number of hydrogen-bond donors (Lipinski definition) is 1. The average Bonchev–Trinajstić information content (AvgIpc) is 2.50. The Balaban J connectivity index is 2.16. The van der Waals surface area contributed by atoms with Gasteiger partial charge in [-0.1, -0.05) is 11.6 Å². The number of hydrogen-bond acceptors (Lipinski definition) is 7. The summed E-state index contributed by atoms with van der Waals surface area (Å²) in [7, 11) is 0. The third-order valence-corrected chi connectivity index (χ3v) is 3.22. The predicted octanol–water partition coefficient (Wildman–Crippen LogP) is 3.38. The zero-order valence-corrected chi connectivity index (χ0v) is 12.2. The third kappa shape index (κ3) is 2.61. The maximum absolute atomic E-state index is 11.4. The summed E-state index contributed by atoms with van der Waals surface area (Å²) in [5.41, 5.74) is 0.520. The van der Waals surface area contributed by atoms with Crippen molar-refractivity contribution in [3.05, 3.63) is 51.1 Å². The van der Waals surface area contributed by atoms with Crippen LogP contribution in [0.3, 0.4) is 0 Å². The minimum atomic E-state index is -0.546. The highest BCUT2D eigenvalue weighted by Crippen LogP contribution is 2.34. The van der Waals surface area contributed by atoms with Crippen molar-refractivity contribution in [1.82, 2.24) is 19.9 Å². The molecule has 0 bridgehead atoms. The van der Waals surface area contributed by atoms with Crippen molar-refractivity contribution < 1.29 is 4.92 Å². The molecule has 0 radical (unpaired) electrons. The smallest absolute Gasteiger partial charge is 0.320 e. The van der Waals surface area contributed by atoms with Gasteiger partial charge in [-0.05, 0) is 23.7 Å². The number of nitro benzene ring substituents is 1. The van der Waals surface area contributed by atoms with Crippen LogP contribution in [0, 0.1) is 10.1 Å². The summed E-state index contributed by atoms with van der Waals surface area (Å²) in [6, 6.07) is 3.11. The van der Waals surface area contributed by atoms with E-state index >= 15 is 0 Å². The molecule has 22 heavy (non-hydrogen) atoms. The molecule has 110 valence electrons. The van der Waals surface area contributed by atoms with Crippen LogP contribution >= 0.6 is 23.2 Å². The predicted molar refractivity (Wildman–Crippen MR) is 81.5 cm³/mol. The lowest BCUT2D eigenvalue weighted by Gasteiger charge is -2.09. The second kappa shape index (κ2) is 5.66. The highest BCUT2D eigenvalue weighted by molar-refractivity contribution is 6.33. The molecular formula is C12H6Cl2N6O2. The van der Waals surface area contributed by atoms with Crippen molar-refractivity contribution in [1.29, 1.82) is 0 Å². The molecule has 1 aromatic carbocycles. The molecule has 2 aromatic heterocycles. The molecule has 0 aliphatic heterocycles. The summed E-state index contributed by atoms with van der Waals surface area (Å²) in [6.45, 7) is 0. The van der Waals surface area contributed by atoms with E-state index in [-0.39, 0.29) is 33.0 Å². The number of nitro groups is 1. The summed E-state index contributed by atoms with van der Waals surface area (Å²) in [6.07, 6.45) is 4.14. The molecule has 0 aliphatic rings. The summed E-state index contributed by atoms with van der Waals surface area (Å²) >= 11 is 11.7. The first-order valence-corrected chi connectivity index (χ1v) is 6.65. The molecule has 0 saturated carbocycles. The van der Waals surface area contributed by atoms with Crippen molar-refractivity contribution in [2.45, 2.75) is 0 Å². The highest BCUT2D eigenvalue weighted by Gasteiger charge is 2.21. The van der Waals surface area contributed by atoms with E-state index in [4.69, 9.17) is 23.2 Å². The van der Waals surface area contributed by atoms with E-state index in [2.05, 4.69) is 25.3 Å².